The van der Waals surface area contributed by atoms with Gasteiger partial charge in [0, 0.05) is 23.7 Å². The Morgan fingerprint density at radius 2 is 0.842 bits per heavy atom. The maximum atomic E-state index is 11.9. The van der Waals surface area contributed by atoms with Crippen LogP contribution in [0.2, 0.25) is 0 Å². The highest BCUT2D eigenvalue weighted by molar-refractivity contribution is 6.41. The second-order valence-electron chi connectivity index (χ2n) is 6.22. The van der Waals surface area contributed by atoms with Crippen LogP contribution < -0.4 is 0 Å². The zero-order valence-electron chi connectivity index (χ0n) is 10.9. The molecule has 3 rings (SSSR count). The topological polar surface area (TPSA) is 68.3 Å². The molecule has 0 spiro atoms. The highest BCUT2D eigenvalue weighted by Crippen LogP contribution is 2.38. The fourth-order valence-electron chi connectivity index (χ4n) is 3.93. The van der Waals surface area contributed by atoms with E-state index in [-0.39, 0.29) is 46.8 Å². The van der Waals surface area contributed by atoms with Gasteiger partial charge in [0.2, 0.25) is 23.1 Å². The Kier molecular flexibility index (Phi) is 3.11. The molecule has 4 unspecified atom stereocenters. The van der Waals surface area contributed by atoms with Gasteiger partial charge in [-0.25, -0.2) is 0 Å². The fourth-order valence-corrected chi connectivity index (χ4v) is 3.93. The number of Topliss-reactive ketones (excluding diaryl/α,β-unsaturated/α-hetero) is 4. The summed E-state index contributed by atoms with van der Waals surface area (Å²) in [5.74, 6) is -1.54. The second-order valence-corrected chi connectivity index (χ2v) is 6.22. The van der Waals surface area contributed by atoms with E-state index in [9.17, 15) is 19.2 Å². The van der Waals surface area contributed by atoms with Gasteiger partial charge in [0.05, 0.1) is 0 Å². The van der Waals surface area contributed by atoms with Crippen molar-refractivity contribution in [1.82, 2.24) is 0 Å². The summed E-state index contributed by atoms with van der Waals surface area (Å²) >= 11 is 0. The molecule has 0 saturated heterocycles. The third kappa shape index (κ3) is 2.07. The van der Waals surface area contributed by atoms with Gasteiger partial charge >= 0.3 is 0 Å². The molecule has 0 aromatic rings. The number of hydrogen-bond acceptors (Lipinski definition) is 4. The van der Waals surface area contributed by atoms with Gasteiger partial charge in [-0.15, -0.1) is 0 Å². The van der Waals surface area contributed by atoms with Gasteiger partial charge in [-0.2, -0.15) is 0 Å². The van der Waals surface area contributed by atoms with Crippen molar-refractivity contribution in [3.05, 3.63) is 0 Å². The predicted molar refractivity (Wildman–Crippen MR) is 66.3 cm³/mol. The molecule has 4 nitrogen and oxygen atoms in total. The summed E-state index contributed by atoms with van der Waals surface area (Å²) in [7, 11) is 0. The summed E-state index contributed by atoms with van der Waals surface area (Å²) in [6.45, 7) is 0. The third-order valence-electron chi connectivity index (χ3n) is 5.08. The summed E-state index contributed by atoms with van der Waals surface area (Å²) in [6.07, 6.45) is 4.68. The minimum atomic E-state index is -0.237. The lowest BCUT2D eigenvalue weighted by Crippen LogP contribution is -2.18. The molecule has 0 heterocycles. The van der Waals surface area contributed by atoms with Gasteiger partial charge in [0.1, 0.15) is 0 Å². The number of rotatable bonds is 0. The molecule has 0 amide bonds. The quantitative estimate of drug-likeness (QED) is 0.620. The lowest BCUT2D eigenvalue weighted by atomic mass is 9.92. The molecule has 3 saturated carbocycles. The number of ketones is 4. The van der Waals surface area contributed by atoms with E-state index in [1.54, 1.807) is 0 Å². The largest absolute Gasteiger partial charge is 0.291 e. The molecular formula is C15H18O4. The molecule has 3 aliphatic carbocycles. The third-order valence-corrected chi connectivity index (χ3v) is 5.08. The Bertz CT molecular complexity index is 423. The van der Waals surface area contributed by atoms with Gasteiger partial charge in [-0.1, -0.05) is 6.42 Å². The zero-order chi connectivity index (χ0) is 13.6. The Morgan fingerprint density at radius 1 is 0.526 bits per heavy atom. The van der Waals surface area contributed by atoms with Gasteiger partial charge in [0.25, 0.3) is 0 Å². The highest BCUT2D eigenvalue weighted by Gasteiger charge is 2.45. The van der Waals surface area contributed by atoms with E-state index in [0.717, 1.165) is 6.42 Å². The number of carbonyl (C=O) groups is 4. The molecule has 19 heavy (non-hydrogen) atoms. The van der Waals surface area contributed by atoms with Crippen LogP contribution in [0.25, 0.3) is 0 Å². The van der Waals surface area contributed by atoms with Crippen molar-refractivity contribution in [3.8, 4) is 0 Å². The van der Waals surface area contributed by atoms with Crippen molar-refractivity contribution in [1.29, 1.82) is 0 Å². The molecule has 102 valence electrons. The fraction of sp³-hybridized carbons (Fsp3) is 0.733. The average Bonchev–Trinajstić information content (AvgIpc) is 2.80. The van der Waals surface area contributed by atoms with Crippen LogP contribution in [0.5, 0.6) is 0 Å². The molecule has 3 fully saturated rings. The Morgan fingerprint density at radius 3 is 1.21 bits per heavy atom. The summed E-state index contributed by atoms with van der Waals surface area (Å²) in [6, 6.07) is 0. The molecular weight excluding hydrogens is 244 g/mol. The molecule has 3 aliphatic rings. The van der Waals surface area contributed by atoms with Crippen molar-refractivity contribution >= 4 is 23.1 Å². The summed E-state index contributed by atoms with van der Waals surface area (Å²) in [5.41, 5.74) is 0. The zero-order valence-corrected chi connectivity index (χ0v) is 10.9. The van der Waals surface area contributed by atoms with Crippen LogP contribution in [-0.2, 0) is 19.2 Å². The summed E-state index contributed by atoms with van der Waals surface area (Å²) in [4.78, 5) is 47.4. The van der Waals surface area contributed by atoms with Crippen LogP contribution in [0, 0.1) is 23.7 Å². The first kappa shape index (κ1) is 12.7. The van der Waals surface area contributed by atoms with Crippen LogP contribution in [-0.4, -0.2) is 23.1 Å². The van der Waals surface area contributed by atoms with E-state index in [1.165, 1.54) is 0 Å². The Hall–Kier alpha value is -1.32. The summed E-state index contributed by atoms with van der Waals surface area (Å²) < 4.78 is 0. The lowest BCUT2D eigenvalue weighted by Gasteiger charge is -2.10. The van der Waals surface area contributed by atoms with E-state index in [2.05, 4.69) is 0 Å². The molecule has 0 N–H and O–H groups in total. The van der Waals surface area contributed by atoms with Crippen LogP contribution in [0.1, 0.15) is 44.9 Å². The molecule has 4 atom stereocenters. The predicted octanol–water partition coefficient (Wildman–Crippen LogP) is 1.50. The summed E-state index contributed by atoms with van der Waals surface area (Å²) in [5, 5.41) is 0. The van der Waals surface area contributed by atoms with E-state index >= 15 is 0 Å². The first-order chi connectivity index (χ1) is 9.08. The number of hydrogen-bond donors (Lipinski definition) is 0. The van der Waals surface area contributed by atoms with Crippen molar-refractivity contribution in [3.63, 3.8) is 0 Å². The maximum Gasteiger partial charge on any atom is 0.201 e. The van der Waals surface area contributed by atoms with Gasteiger partial charge in [-0.05, 0) is 38.5 Å². The van der Waals surface area contributed by atoms with Crippen molar-refractivity contribution in [2.75, 3.05) is 0 Å². The standard InChI is InChI=1S/C15H18O4/c16-12-8-2-1-3-9-7-11(15(19)13(9)17)5-4-10(6-8)14(12)18/h8-11H,1-7H2. The molecule has 0 radical (unpaired) electrons. The van der Waals surface area contributed by atoms with Crippen LogP contribution in [0.15, 0.2) is 0 Å². The van der Waals surface area contributed by atoms with Crippen LogP contribution >= 0.6 is 0 Å². The molecule has 0 aliphatic heterocycles. The number of fused-ring (bicyclic) bond motifs is 4. The van der Waals surface area contributed by atoms with Gasteiger partial charge in [0.15, 0.2) is 0 Å². The molecule has 0 aromatic heterocycles. The number of carbonyl (C=O) groups excluding carboxylic acids is 4. The average molecular weight is 262 g/mol. The van der Waals surface area contributed by atoms with Crippen LogP contribution in [0.3, 0.4) is 0 Å². The monoisotopic (exact) mass is 262 g/mol. The molecule has 4 heteroatoms. The van der Waals surface area contributed by atoms with E-state index in [1.807, 2.05) is 0 Å². The minimum absolute atomic E-state index is 0.125. The smallest absolute Gasteiger partial charge is 0.201 e. The van der Waals surface area contributed by atoms with Crippen molar-refractivity contribution < 1.29 is 19.2 Å². The van der Waals surface area contributed by atoms with E-state index in [0.29, 0.717) is 38.5 Å². The first-order valence-corrected chi connectivity index (χ1v) is 7.24. The Labute approximate surface area is 111 Å². The van der Waals surface area contributed by atoms with Gasteiger partial charge < -0.3 is 0 Å². The van der Waals surface area contributed by atoms with Crippen molar-refractivity contribution in [2.45, 2.75) is 44.9 Å². The molecule has 0 aromatic carbocycles. The van der Waals surface area contributed by atoms with Gasteiger partial charge in [-0.3, -0.25) is 19.2 Å². The lowest BCUT2D eigenvalue weighted by molar-refractivity contribution is -0.137. The second kappa shape index (κ2) is 4.66. The van der Waals surface area contributed by atoms with E-state index in [4.69, 9.17) is 0 Å². The molecule has 4 bridgehead atoms. The maximum absolute atomic E-state index is 11.9. The van der Waals surface area contributed by atoms with Crippen molar-refractivity contribution in [2.24, 2.45) is 23.7 Å². The highest BCUT2D eigenvalue weighted by atomic mass is 16.2. The first-order valence-electron chi connectivity index (χ1n) is 7.24. The van der Waals surface area contributed by atoms with E-state index < -0.39 is 0 Å². The Balaban J connectivity index is 1.80. The SMILES string of the molecule is O=C1C(=O)C2CCC3CC(CCCC1C2)C(=O)C3=O. The minimum Gasteiger partial charge on any atom is -0.291 e. The van der Waals surface area contributed by atoms with Crippen LogP contribution in [0.4, 0.5) is 0 Å². The normalized spacial score (nSPS) is 39.6.